The van der Waals surface area contributed by atoms with Gasteiger partial charge in [0.15, 0.2) is 5.78 Å². The number of anilines is 1. The first-order valence-corrected chi connectivity index (χ1v) is 9.91. The van der Waals surface area contributed by atoms with E-state index in [-0.39, 0.29) is 28.9 Å². The van der Waals surface area contributed by atoms with Gasteiger partial charge in [0.25, 0.3) is 0 Å². The predicted molar refractivity (Wildman–Crippen MR) is 109 cm³/mol. The van der Waals surface area contributed by atoms with Gasteiger partial charge in [-0.3, -0.25) is 4.79 Å². The Hall–Kier alpha value is -2.66. The zero-order valence-electron chi connectivity index (χ0n) is 16.2. The molecule has 1 fully saturated rings. The number of aromatic carboxylic acids is 1. The fourth-order valence-corrected chi connectivity index (χ4v) is 3.95. The molecule has 1 aliphatic carbocycles. The van der Waals surface area contributed by atoms with Crippen LogP contribution in [0.15, 0.2) is 48.5 Å². The van der Waals surface area contributed by atoms with Gasteiger partial charge in [0.05, 0.1) is 11.7 Å². The van der Waals surface area contributed by atoms with Gasteiger partial charge in [-0.1, -0.05) is 31.0 Å². The van der Waals surface area contributed by atoms with E-state index >= 15 is 0 Å². The number of rotatable bonds is 7. The van der Waals surface area contributed by atoms with Crippen molar-refractivity contribution in [3.05, 3.63) is 65.2 Å². The molecular formula is C23H27NO4. The third kappa shape index (κ3) is 4.42. The SMILES string of the molecule is CCN(CC1CCCCC1O)c1ccc(C(=O)c2ccccc2C(=O)O)cc1. The second-order valence-corrected chi connectivity index (χ2v) is 7.38. The van der Waals surface area contributed by atoms with Crippen LogP contribution >= 0.6 is 0 Å². The summed E-state index contributed by atoms with van der Waals surface area (Å²) in [6.45, 7) is 3.70. The van der Waals surface area contributed by atoms with Crippen LogP contribution < -0.4 is 4.90 Å². The lowest BCUT2D eigenvalue weighted by Gasteiger charge is -2.33. The number of aliphatic hydroxyl groups excluding tert-OH is 1. The van der Waals surface area contributed by atoms with Gasteiger partial charge in [0.1, 0.15) is 0 Å². The molecule has 0 radical (unpaired) electrons. The van der Waals surface area contributed by atoms with Crippen LogP contribution in [0.1, 0.15) is 58.9 Å². The normalized spacial score (nSPS) is 19.2. The van der Waals surface area contributed by atoms with Gasteiger partial charge in [-0.05, 0) is 50.1 Å². The first-order valence-electron chi connectivity index (χ1n) is 9.91. The number of hydrogen-bond donors (Lipinski definition) is 2. The standard InChI is InChI=1S/C23H27NO4/c1-2-24(15-17-7-3-6-10-21(17)25)18-13-11-16(12-14-18)22(26)19-8-4-5-9-20(19)23(27)28/h4-5,8-9,11-14,17,21,25H,2-3,6-7,10,15H2,1H3,(H,27,28). The molecule has 0 saturated heterocycles. The molecule has 2 N–H and O–H groups in total. The Labute approximate surface area is 165 Å². The molecule has 2 atom stereocenters. The molecule has 0 heterocycles. The van der Waals surface area contributed by atoms with Crippen LogP contribution in [0.4, 0.5) is 5.69 Å². The highest BCUT2D eigenvalue weighted by Crippen LogP contribution is 2.27. The summed E-state index contributed by atoms with van der Waals surface area (Å²) in [5.41, 5.74) is 1.67. The second kappa shape index (κ2) is 9.02. The molecule has 2 aromatic rings. The molecule has 2 unspecified atom stereocenters. The topological polar surface area (TPSA) is 77.8 Å². The van der Waals surface area contributed by atoms with Crippen molar-refractivity contribution < 1.29 is 19.8 Å². The van der Waals surface area contributed by atoms with Gasteiger partial charge in [0.2, 0.25) is 0 Å². The van der Waals surface area contributed by atoms with Crippen molar-refractivity contribution in [2.24, 2.45) is 5.92 Å². The lowest BCUT2D eigenvalue weighted by Crippen LogP contribution is -2.37. The minimum atomic E-state index is -1.11. The molecule has 0 aliphatic heterocycles. The molecule has 2 aromatic carbocycles. The lowest BCUT2D eigenvalue weighted by molar-refractivity contribution is 0.0692. The van der Waals surface area contributed by atoms with E-state index in [2.05, 4.69) is 11.8 Å². The van der Waals surface area contributed by atoms with E-state index in [4.69, 9.17) is 0 Å². The average Bonchev–Trinajstić information content (AvgIpc) is 2.73. The largest absolute Gasteiger partial charge is 0.478 e. The fraction of sp³-hybridized carbons (Fsp3) is 0.391. The number of aliphatic hydroxyl groups is 1. The summed E-state index contributed by atoms with van der Waals surface area (Å²) in [6, 6.07) is 13.6. The highest BCUT2D eigenvalue weighted by atomic mass is 16.4. The van der Waals surface area contributed by atoms with Crippen LogP contribution in [0.3, 0.4) is 0 Å². The van der Waals surface area contributed by atoms with Crippen molar-refractivity contribution in [2.45, 2.75) is 38.7 Å². The molecule has 0 aromatic heterocycles. The van der Waals surface area contributed by atoms with E-state index in [9.17, 15) is 19.8 Å². The Morgan fingerprint density at radius 1 is 1.00 bits per heavy atom. The van der Waals surface area contributed by atoms with Crippen molar-refractivity contribution >= 4 is 17.4 Å². The first kappa shape index (κ1) is 20.1. The number of carbonyl (C=O) groups is 2. The van der Waals surface area contributed by atoms with Gasteiger partial charge in [-0.15, -0.1) is 0 Å². The van der Waals surface area contributed by atoms with Crippen molar-refractivity contribution in [3.63, 3.8) is 0 Å². The summed E-state index contributed by atoms with van der Waals surface area (Å²) in [5.74, 6) is -1.13. The van der Waals surface area contributed by atoms with Gasteiger partial charge in [0, 0.05) is 35.8 Å². The Kier molecular flexibility index (Phi) is 6.47. The predicted octanol–water partition coefficient (Wildman–Crippen LogP) is 3.99. The molecule has 5 heteroatoms. The minimum Gasteiger partial charge on any atom is -0.478 e. The van der Waals surface area contributed by atoms with Crippen LogP contribution in [-0.2, 0) is 0 Å². The van der Waals surface area contributed by atoms with Crippen molar-refractivity contribution in [1.29, 1.82) is 0 Å². The minimum absolute atomic E-state index is 0.0121. The molecule has 5 nitrogen and oxygen atoms in total. The number of carboxylic acid groups (broad SMARTS) is 1. The zero-order chi connectivity index (χ0) is 20.1. The van der Waals surface area contributed by atoms with Crippen molar-refractivity contribution in [1.82, 2.24) is 0 Å². The summed E-state index contributed by atoms with van der Waals surface area (Å²) in [5, 5.41) is 19.6. The maximum absolute atomic E-state index is 12.8. The summed E-state index contributed by atoms with van der Waals surface area (Å²) < 4.78 is 0. The van der Waals surface area contributed by atoms with Gasteiger partial charge >= 0.3 is 5.97 Å². The van der Waals surface area contributed by atoms with E-state index in [0.717, 1.165) is 44.5 Å². The summed E-state index contributed by atoms with van der Waals surface area (Å²) in [7, 11) is 0. The Morgan fingerprint density at radius 3 is 2.25 bits per heavy atom. The number of nitrogens with zero attached hydrogens (tertiary/aromatic N) is 1. The highest BCUT2D eigenvalue weighted by Gasteiger charge is 2.25. The molecule has 0 spiro atoms. The monoisotopic (exact) mass is 381 g/mol. The Balaban J connectivity index is 1.77. The summed E-state index contributed by atoms with van der Waals surface area (Å²) in [6.07, 6.45) is 3.93. The summed E-state index contributed by atoms with van der Waals surface area (Å²) >= 11 is 0. The maximum atomic E-state index is 12.8. The van der Waals surface area contributed by atoms with E-state index in [1.165, 1.54) is 6.07 Å². The highest BCUT2D eigenvalue weighted by molar-refractivity contribution is 6.14. The number of carboxylic acids is 1. The third-order valence-electron chi connectivity index (χ3n) is 5.60. The third-order valence-corrected chi connectivity index (χ3v) is 5.60. The summed E-state index contributed by atoms with van der Waals surface area (Å²) in [4.78, 5) is 26.4. The number of ketones is 1. The fourth-order valence-electron chi connectivity index (χ4n) is 3.95. The van der Waals surface area contributed by atoms with Crippen LogP contribution in [0.5, 0.6) is 0 Å². The van der Waals surface area contributed by atoms with Gasteiger partial charge in [-0.2, -0.15) is 0 Å². The van der Waals surface area contributed by atoms with E-state index in [0.29, 0.717) is 5.56 Å². The van der Waals surface area contributed by atoms with Gasteiger partial charge < -0.3 is 15.1 Å². The number of benzene rings is 2. The van der Waals surface area contributed by atoms with E-state index < -0.39 is 5.97 Å². The molecule has 0 bridgehead atoms. The molecule has 3 rings (SSSR count). The quantitative estimate of drug-likeness (QED) is 0.709. The number of hydrogen-bond acceptors (Lipinski definition) is 4. The smallest absolute Gasteiger partial charge is 0.336 e. The van der Waals surface area contributed by atoms with Crippen LogP contribution in [-0.4, -0.2) is 41.2 Å². The lowest BCUT2D eigenvalue weighted by atomic mass is 9.86. The first-order chi connectivity index (χ1) is 13.5. The zero-order valence-corrected chi connectivity index (χ0v) is 16.2. The maximum Gasteiger partial charge on any atom is 0.336 e. The Bertz CT molecular complexity index is 831. The van der Waals surface area contributed by atoms with Gasteiger partial charge in [-0.25, -0.2) is 4.79 Å². The molecule has 0 amide bonds. The van der Waals surface area contributed by atoms with Crippen molar-refractivity contribution in [3.8, 4) is 0 Å². The van der Waals surface area contributed by atoms with E-state index in [1.54, 1.807) is 30.3 Å². The van der Waals surface area contributed by atoms with E-state index in [1.807, 2.05) is 12.1 Å². The van der Waals surface area contributed by atoms with Crippen LogP contribution in [0.25, 0.3) is 0 Å². The average molecular weight is 381 g/mol. The van der Waals surface area contributed by atoms with Crippen molar-refractivity contribution in [2.75, 3.05) is 18.0 Å². The molecule has 1 saturated carbocycles. The Morgan fingerprint density at radius 2 is 1.64 bits per heavy atom. The second-order valence-electron chi connectivity index (χ2n) is 7.38. The molecule has 1 aliphatic rings. The molecule has 28 heavy (non-hydrogen) atoms. The number of carbonyl (C=O) groups excluding carboxylic acids is 1. The molecule has 148 valence electrons. The molecular weight excluding hydrogens is 354 g/mol. The van der Waals surface area contributed by atoms with Crippen LogP contribution in [0, 0.1) is 5.92 Å². The van der Waals surface area contributed by atoms with Crippen LogP contribution in [0.2, 0.25) is 0 Å².